The highest BCUT2D eigenvalue weighted by Crippen LogP contribution is 2.31. The van der Waals surface area contributed by atoms with E-state index in [9.17, 15) is 28.1 Å². The molecule has 0 fully saturated rings. The van der Waals surface area contributed by atoms with Gasteiger partial charge >= 0.3 is 6.18 Å². The highest BCUT2D eigenvalue weighted by molar-refractivity contribution is 5.97. The van der Waals surface area contributed by atoms with E-state index in [0.29, 0.717) is 0 Å². The zero-order valence-corrected chi connectivity index (χ0v) is 12.9. The lowest BCUT2D eigenvalue weighted by molar-refractivity contribution is -0.385. The lowest BCUT2D eigenvalue weighted by atomic mass is 10.1. The van der Waals surface area contributed by atoms with Gasteiger partial charge in [-0.1, -0.05) is 24.3 Å². The monoisotopic (exact) mass is 351 g/mol. The summed E-state index contributed by atoms with van der Waals surface area (Å²) in [6.45, 7) is 1.40. The molecule has 130 valence electrons. The van der Waals surface area contributed by atoms with Crippen LogP contribution < -0.4 is 5.43 Å². The van der Waals surface area contributed by atoms with E-state index in [-0.39, 0.29) is 22.4 Å². The normalized spacial score (nSPS) is 11.5. The fraction of sp³-hybridized carbons (Fsp3) is 0.125. The van der Waals surface area contributed by atoms with E-state index >= 15 is 0 Å². The number of hydrogen-bond acceptors (Lipinski definition) is 4. The first kappa shape index (κ1) is 18.1. The molecular weight excluding hydrogens is 339 g/mol. The first-order chi connectivity index (χ1) is 11.7. The predicted octanol–water partition coefficient (Wildman–Crippen LogP) is 3.69. The van der Waals surface area contributed by atoms with Crippen LogP contribution in [0.4, 0.5) is 18.9 Å². The largest absolute Gasteiger partial charge is 0.417 e. The summed E-state index contributed by atoms with van der Waals surface area (Å²) in [5.41, 5.74) is 0.875. The summed E-state index contributed by atoms with van der Waals surface area (Å²) in [5.74, 6) is -0.762. The molecule has 0 aromatic heterocycles. The van der Waals surface area contributed by atoms with Crippen LogP contribution in [0.2, 0.25) is 0 Å². The Bertz CT molecular complexity index is 848. The quantitative estimate of drug-likeness (QED) is 0.518. The maximum absolute atomic E-state index is 12.9. The number of nitrogens with zero attached hydrogens (tertiary/aromatic N) is 2. The third kappa shape index (κ3) is 4.19. The van der Waals surface area contributed by atoms with Crippen molar-refractivity contribution < 1.29 is 22.9 Å². The molecule has 0 bridgehead atoms. The van der Waals surface area contributed by atoms with Crippen LogP contribution in [0.15, 0.2) is 47.6 Å². The Labute approximate surface area is 140 Å². The lowest BCUT2D eigenvalue weighted by Crippen LogP contribution is -2.19. The predicted molar refractivity (Wildman–Crippen MR) is 84.3 cm³/mol. The second-order valence-corrected chi connectivity index (χ2v) is 4.99. The number of carbonyl (C=O) groups is 1. The SMILES string of the molecule is Cc1c(C(=O)N/N=C/c2ccccc2C(F)(F)F)cccc1[N+](=O)[O-]. The van der Waals surface area contributed by atoms with Gasteiger partial charge in [-0.05, 0) is 19.1 Å². The van der Waals surface area contributed by atoms with Gasteiger partial charge in [0.2, 0.25) is 0 Å². The summed E-state index contributed by atoms with van der Waals surface area (Å²) in [4.78, 5) is 22.3. The number of nitro groups is 1. The number of alkyl halides is 3. The summed E-state index contributed by atoms with van der Waals surface area (Å²) in [6, 6.07) is 8.69. The van der Waals surface area contributed by atoms with Crippen molar-refractivity contribution in [2.45, 2.75) is 13.1 Å². The van der Waals surface area contributed by atoms with Gasteiger partial charge in [0, 0.05) is 17.2 Å². The van der Waals surface area contributed by atoms with E-state index in [1.165, 1.54) is 43.3 Å². The Morgan fingerprint density at radius 3 is 2.52 bits per heavy atom. The average Bonchev–Trinajstić information content (AvgIpc) is 2.54. The third-order valence-corrected chi connectivity index (χ3v) is 3.38. The van der Waals surface area contributed by atoms with Gasteiger partial charge in [-0.2, -0.15) is 18.3 Å². The molecule has 2 aromatic rings. The zero-order valence-electron chi connectivity index (χ0n) is 12.9. The molecule has 0 aliphatic rings. The van der Waals surface area contributed by atoms with Crippen molar-refractivity contribution in [3.63, 3.8) is 0 Å². The second-order valence-electron chi connectivity index (χ2n) is 4.99. The number of halogens is 3. The molecule has 0 atom stereocenters. The van der Waals surface area contributed by atoms with E-state index in [2.05, 4.69) is 10.5 Å². The molecule has 1 amide bonds. The number of nitro benzene ring substituents is 1. The molecule has 0 saturated heterocycles. The highest BCUT2D eigenvalue weighted by atomic mass is 19.4. The van der Waals surface area contributed by atoms with Crippen molar-refractivity contribution in [1.82, 2.24) is 5.43 Å². The Hall–Kier alpha value is -3.23. The minimum absolute atomic E-state index is 0.00968. The standard InChI is InChI=1S/C16H12F3N3O3/c1-10-12(6-4-8-14(10)22(24)25)15(23)21-20-9-11-5-2-3-7-13(11)16(17,18)19/h2-9H,1H3,(H,21,23)/b20-9+. The van der Waals surface area contributed by atoms with E-state index in [1.807, 2.05) is 0 Å². The molecule has 0 saturated carbocycles. The van der Waals surface area contributed by atoms with Crippen LogP contribution in [0, 0.1) is 17.0 Å². The van der Waals surface area contributed by atoms with Crippen LogP contribution in [-0.4, -0.2) is 17.0 Å². The number of rotatable bonds is 4. The van der Waals surface area contributed by atoms with Crippen molar-refractivity contribution in [2.75, 3.05) is 0 Å². The Morgan fingerprint density at radius 2 is 1.88 bits per heavy atom. The van der Waals surface area contributed by atoms with Gasteiger partial charge < -0.3 is 0 Å². The molecule has 25 heavy (non-hydrogen) atoms. The molecule has 9 heteroatoms. The minimum Gasteiger partial charge on any atom is -0.267 e. The molecule has 0 aliphatic heterocycles. The molecule has 2 rings (SSSR count). The third-order valence-electron chi connectivity index (χ3n) is 3.38. The molecule has 6 nitrogen and oxygen atoms in total. The number of benzene rings is 2. The summed E-state index contributed by atoms with van der Waals surface area (Å²) >= 11 is 0. The molecule has 1 N–H and O–H groups in total. The average molecular weight is 351 g/mol. The molecule has 0 spiro atoms. The summed E-state index contributed by atoms with van der Waals surface area (Å²) < 4.78 is 38.6. The Kier molecular flexibility index (Phi) is 5.16. The Morgan fingerprint density at radius 1 is 1.20 bits per heavy atom. The summed E-state index contributed by atoms with van der Waals surface area (Å²) in [6.07, 6.45) is -3.68. The molecule has 0 aliphatic carbocycles. The first-order valence-corrected chi connectivity index (χ1v) is 6.95. The molecule has 0 radical (unpaired) electrons. The molecule has 0 heterocycles. The van der Waals surface area contributed by atoms with E-state index in [0.717, 1.165) is 12.3 Å². The van der Waals surface area contributed by atoms with Gasteiger partial charge in [0.05, 0.1) is 22.3 Å². The summed E-state index contributed by atoms with van der Waals surface area (Å²) in [7, 11) is 0. The van der Waals surface area contributed by atoms with Gasteiger partial charge in [-0.25, -0.2) is 5.43 Å². The summed E-state index contributed by atoms with van der Waals surface area (Å²) in [5, 5.41) is 14.4. The van der Waals surface area contributed by atoms with Gasteiger partial charge in [-0.15, -0.1) is 0 Å². The van der Waals surface area contributed by atoms with Crippen LogP contribution >= 0.6 is 0 Å². The fourth-order valence-electron chi connectivity index (χ4n) is 2.16. The van der Waals surface area contributed by atoms with Crippen LogP contribution in [0.5, 0.6) is 0 Å². The smallest absolute Gasteiger partial charge is 0.267 e. The molecule has 2 aromatic carbocycles. The number of nitrogens with one attached hydrogen (secondary N) is 1. The molecular formula is C16H12F3N3O3. The number of carbonyl (C=O) groups excluding carboxylic acids is 1. The van der Waals surface area contributed by atoms with Gasteiger partial charge in [0.1, 0.15) is 0 Å². The fourth-order valence-corrected chi connectivity index (χ4v) is 2.16. The van der Waals surface area contributed by atoms with Gasteiger partial charge in [-0.3, -0.25) is 14.9 Å². The lowest BCUT2D eigenvalue weighted by Gasteiger charge is -2.09. The Balaban J connectivity index is 2.21. The van der Waals surface area contributed by atoms with Gasteiger partial charge in [0.15, 0.2) is 0 Å². The van der Waals surface area contributed by atoms with Crippen molar-refractivity contribution >= 4 is 17.8 Å². The zero-order chi connectivity index (χ0) is 18.6. The van der Waals surface area contributed by atoms with Crippen molar-refractivity contribution in [2.24, 2.45) is 5.10 Å². The maximum Gasteiger partial charge on any atom is 0.417 e. The van der Waals surface area contributed by atoms with Crippen LogP contribution in [0.25, 0.3) is 0 Å². The van der Waals surface area contributed by atoms with E-state index < -0.39 is 22.6 Å². The van der Waals surface area contributed by atoms with E-state index in [4.69, 9.17) is 0 Å². The maximum atomic E-state index is 12.9. The highest BCUT2D eigenvalue weighted by Gasteiger charge is 2.32. The van der Waals surface area contributed by atoms with Crippen LogP contribution in [-0.2, 0) is 6.18 Å². The van der Waals surface area contributed by atoms with Crippen molar-refractivity contribution in [3.8, 4) is 0 Å². The second kappa shape index (κ2) is 7.12. The topological polar surface area (TPSA) is 84.6 Å². The number of amides is 1. The molecule has 0 unspecified atom stereocenters. The van der Waals surface area contributed by atoms with E-state index in [1.54, 1.807) is 0 Å². The van der Waals surface area contributed by atoms with Gasteiger partial charge in [0.25, 0.3) is 11.6 Å². The first-order valence-electron chi connectivity index (χ1n) is 6.95. The van der Waals surface area contributed by atoms with Crippen molar-refractivity contribution in [1.29, 1.82) is 0 Å². The number of hydrogen-bond donors (Lipinski definition) is 1. The van der Waals surface area contributed by atoms with Crippen LogP contribution in [0.1, 0.15) is 27.0 Å². The van der Waals surface area contributed by atoms with Crippen molar-refractivity contribution in [3.05, 3.63) is 74.8 Å². The number of hydrazone groups is 1. The van der Waals surface area contributed by atoms with Crippen LogP contribution in [0.3, 0.4) is 0 Å². The minimum atomic E-state index is -4.55.